The first-order valence-corrected chi connectivity index (χ1v) is 9.81. The molecule has 0 saturated carbocycles. The fraction of sp³-hybridized carbons (Fsp3) is 0.263. The van der Waals surface area contributed by atoms with Gasteiger partial charge in [-0.1, -0.05) is 56.3 Å². The van der Waals surface area contributed by atoms with Gasteiger partial charge in [0.1, 0.15) is 23.1 Å². The monoisotopic (exact) mass is 409 g/mol. The number of H-pyrrole nitrogens is 1. The maximum atomic E-state index is 12.9. The number of nitrogens with zero attached hydrogens (tertiary/aromatic N) is 5. The first-order valence-electron chi connectivity index (χ1n) is 8.93. The van der Waals surface area contributed by atoms with E-state index in [-0.39, 0.29) is 23.0 Å². The standard InChI is InChI=1S/C19H19N7O2S/c1-19(2,3)13(17-24-15(26-28-17)14-20-10-21-25-14)23-16(27)12-9-29-18(22-12)11-7-5-4-6-8-11/h4-10,13H,1-3H3,(H,23,27)(H,20,21,25). The molecule has 29 heavy (non-hydrogen) atoms. The van der Waals surface area contributed by atoms with E-state index in [9.17, 15) is 4.79 Å². The lowest BCUT2D eigenvalue weighted by Crippen LogP contribution is -2.37. The molecule has 9 nitrogen and oxygen atoms in total. The molecule has 4 aromatic rings. The zero-order valence-corrected chi connectivity index (χ0v) is 16.9. The molecule has 0 fully saturated rings. The summed E-state index contributed by atoms with van der Waals surface area (Å²) in [6, 6.07) is 9.22. The minimum atomic E-state index is -0.513. The third-order valence-electron chi connectivity index (χ3n) is 4.21. The Labute approximate surface area is 170 Å². The number of carbonyl (C=O) groups excluding carboxylic acids is 1. The predicted molar refractivity (Wildman–Crippen MR) is 107 cm³/mol. The predicted octanol–water partition coefficient (Wildman–Crippen LogP) is 3.50. The summed E-state index contributed by atoms with van der Waals surface area (Å²) in [5.74, 6) is 0.658. The average Bonchev–Trinajstić information content (AvgIpc) is 3.47. The number of nitrogens with one attached hydrogen (secondary N) is 2. The fourth-order valence-electron chi connectivity index (χ4n) is 2.71. The molecule has 2 N–H and O–H groups in total. The van der Waals surface area contributed by atoms with E-state index in [0.29, 0.717) is 11.5 Å². The van der Waals surface area contributed by atoms with E-state index in [1.54, 1.807) is 5.38 Å². The summed E-state index contributed by atoms with van der Waals surface area (Å²) in [6.07, 6.45) is 1.36. The number of thiazole rings is 1. The van der Waals surface area contributed by atoms with Crippen LogP contribution in [-0.4, -0.2) is 36.2 Å². The molecule has 0 spiro atoms. The second-order valence-corrected chi connectivity index (χ2v) is 8.32. The van der Waals surface area contributed by atoms with Gasteiger partial charge >= 0.3 is 0 Å². The molecule has 10 heteroatoms. The van der Waals surface area contributed by atoms with Gasteiger partial charge in [-0.05, 0) is 5.41 Å². The van der Waals surface area contributed by atoms with Crippen LogP contribution in [0.4, 0.5) is 0 Å². The summed E-state index contributed by atoms with van der Waals surface area (Å²) in [4.78, 5) is 25.7. The molecule has 0 saturated heterocycles. The Kier molecular flexibility index (Phi) is 4.93. The van der Waals surface area contributed by atoms with Crippen LogP contribution in [0.25, 0.3) is 22.2 Å². The summed E-state index contributed by atoms with van der Waals surface area (Å²) in [5, 5.41) is 15.9. The van der Waals surface area contributed by atoms with E-state index in [1.807, 2.05) is 51.1 Å². The summed E-state index contributed by atoms with van der Waals surface area (Å²) in [6.45, 7) is 5.94. The topological polar surface area (TPSA) is 122 Å². The van der Waals surface area contributed by atoms with Gasteiger partial charge in [-0.15, -0.1) is 11.3 Å². The number of rotatable bonds is 5. The number of hydrogen-bond donors (Lipinski definition) is 2. The highest BCUT2D eigenvalue weighted by molar-refractivity contribution is 7.13. The first kappa shape index (κ1) is 18.9. The van der Waals surface area contributed by atoms with Crippen LogP contribution in [0.15, 0.2) is 46.6 Å². The summed E-state index contributed by atoms with van der Waals surface area (Å²) in [7, 11) is 0. The van der Waals surface area contributed by atoms with Crippen LogP contribution in [0.2, 0.25) is 0 Å². The van der Waals surface area contributed by atoms with Crippen LogP contribution in [0, 0.1) is 5.41 Å². The second-order valence-electron chi connectivity index (χ2n) is 7.47. The number of aromatic nitrogens is 6. The second kappa shape index (κ2) is 7.55. The molecule has 0 bridgehead atoms. The lowest BCUT2D eigenvalue weighted by Gasteiger charge is -2.28. The van der Waals surface area contributed by atoms with Crippen molar-refractivity contribution in [1.82, 2.24) is 35.6 Å². The van der Waals surface area contributed by atoms with Crippen LogP contribution in [-0.2, 0) is 0 Å². The minimum absolute atomic E-state index is 0.279. The van der Waals surface area contributed by atoms with Crippen molar-refractivity contribution in [2.75, 3.05) is 0 Å². The van der Waals surface area contributed by atoms with Crippen molar-refractivity contribution in [3.05, 3.63) is 53.6 Å². The Morgan fingerprint density at radius 1 is 1.21 bits per heavy atom. The van der Waals surface area contributed by atoms with Crippen molar-refractivity contribution in [1.29, 1.82) is 0 Å². The normalized spacial score (nSPS) is 12.7. The van der Waals surface area contributed by atoms with Crippen molar-refractivity contribution in [2.24, 2.45) is 5.41 Å². The summed E-state index contributed by atoms with van der Waals surface area (Å²) < 4.78 is 5.41. The van der Waals surface area contributed by atoms with Crippen LogP contribution in [0.3, 0.4) is 0 Å². The highest BCUT2D eigenvalue weighted by Gasteiger charge is 2.34. The van der Waals surface area contributed by atoms with Crippen LogP contribution in [0.1, 0.15) is 43.2 Å². The average molecular weight is 409 g/mol. The van der Waals surface area contributed by atoms with Gasteiger partial charge in [-0.25, -0.2) is 9.97 Å². The van der Waals surface area contributed by atoms with Gasteiger partial charge < -0.3 is 9.84 Å². The summed E-state index contributed by atoms with van der Waals surface area (Å²) in [5.41, 5.74) is 0.940. The van der Waals surface area contributed by atoms with Crippen LogP contribution >= 0.6 is 11.3 Å². The molecule has 0 aliphatic rings. The Hall–Kier alpha value is -3.40. The zero-order chi connectivity index (χ0) is 20.4. The molecule has 4 rings (SSSR count). The van der Waals surface area contributed by atoms with Gasteiger partial charge in [0.15, 0.2) is 5.82 Å². The van der Waals surface area contributed by atoms with E-state index >= 15 is 0 Å². The zero-order valence-electron chi connectivity index (χ0n) is 16.1. The first-order chi connectivity index (χ1) is 13.9. The maximum Gasteiger partial charge on any atom is 0.271 e. The SMILES string of the molecule is CC(C)(C)C(NC(=O)c1csc(-c2ccccc2)n1)c1nc(-c2ncn[nH]2)no1. The molecule has 3 heterocycles. The van der Waals surface area contributed by atoms with Gasteiger partial charge in [0.2, 0.25) is 11.7 Å². The van der Waals surface area contributed by atoms with Crippen molar-refractivity contribution in [2.45, 2.75) is 26.8 Å². The molecule has 148 valence electrons. The molecule has 0 aliphatic heterocycles. The Morgan fingerprint density at radius 2 is 2.00 bits per heavy atom. The highest BCUT2D eigenvalue weighted by atomic mass is 32.1. The van der Waals surface area contributed by atoms with Crippen molar-refractivity contribution >= 4 is 17.2 Å². The molecule has 1 unspecified atom stereocenters. The van der Waals surface area contributed by atoms with E-state index < -0.39 is 6.04 Å². The highest BCUT2D eigenvalue weighted by Crippen LogP contribution is 2.33. The van der Waals surface area contributed by atoms with Crippen molar-refractivity contribution in [3.8, 4) is 22.2 Å². The number of benzene rings is 1. The minimum Gasteiger partial charge on any atom is -0.338 e. The smallest absolute Gasteiger partial charge is 0.271 e. The van der Waals surface area contributed by atoms with Crippen LogP contribution in [0.5, 0.6) is 0 Å². The maximum absolute atomic E-state index is 12.9. The lowest BCUT2D eigenvalue weighted by atomic mass is 9.86. The van der Waals surface area contributed by atoms with E-state index in [2.05, 4.69) is 35.6 Å². The van der Waals surface area contributed by atoms with Gasteiger partial charge in [-0.2, -0.15) is 10.1 Å². The fourth-order valence-corrected chi connectivity index (χ4v) is 3.51. The third-order valence-corrected chi connectivity index (χ3v) is 5.11. The van der Waals surface area contributed by atoms with Gasteiger partial charge in [0.25, 0.3) is 5.91 Å². The lowest BCUT2D eigenvalue weighted by molar-refractivity contribution is 0.0876. The Morgan fingerprint density at radius 3 is 2.69 bits per heavy atom. The quantitative estimate of drug-likeness (QED) is 0.517. The van der Waals surface area contributed by atoms with Crippen molar-refractivity contribution in [3.63, 3.8) is 0 Å². The number of aromatic amines is 1. The van der Waals surface area contributed by atoms with Gasteiger partial charge in [0.05, 0.1) is 0 Å². The largest absolute Gasteiger partial charge is 0.338 e. The molecular formula is C19H19N7O2S. The third kappa shape index (κ3) is 4.06. The van der Waals surface area contributed by atoms with Gasteiger partial charge in [-0.3, -0.25) is 9.89 Å². The Balaban J connectivity index is 1.56. The molecule has 0 radical (unpaired) electrons. The summed E-state index contributed by atoms with van der Waals surface area (Å²) >= 11 is 1.42. The molecule has 1 aromatic carbocycles. The molecule has 0 aliphatic carbocycles. The molecule has 1 atom stereocenters. The number of hydrogen-bond acceptors (Lipinski definition) is 8. The Bertz CT molecular complexity index is 1100. The number of carbonyl (C=O) groups is 1. The molecule has 1 amide bonds. The van der Waals surface area contributed by atoms with E-state index in [0.717, 1.165) is 10.6 Å². The van der Waals surface area contributed by atoms with E-state index in [4.69, 9.17) is 4.52 Å². The van der Waals surface area contributed by atoms with E-state index in [1.165, 1.54) is 17.7 Å². The molecule has 3 aromatic heterocycles. The number of amides is 1. The van der Waals surface area contributed by atoms with Crippen molar-refractivity contribution < 1.29 is 9.32 Å². The van der Waals surface area contributed by atoms with Crippen LogP contribution < -0.4 is 5.32 Å². The molecular weight excluding hydrogens is 390 g/mol. The van der Waals surface area contributed by atoms with Gasteiger partial charge in [0, 0.05) is 10.9 Å².